The highest BCUT2D eigenvalue weighted by molar-refractivity contribution is 7.23. The van der Waals surface area contributed by atoms with Crippen molar-refractivity contribution in [3.05, 3.63) is 273 Å². The van der Waals surface area contributed by atoms with Crippen molar-refractivity contribution >= 4 is 223 Å². The van der Waals surface area contributed by atoms with E-state index in [-0.39, 0.29) is 89.5 Å². The molecule has 16 aromatic rings. The van der Waals surface area contributed by atoms with Gasteiger partial charge >= 0.3 is 46.9 Å². The molecule has 0 aliphatic heterocycles. The van der Waals surface area contributed by atoms with Gasteiger partial charge in [-0.15, -0.1) is 0 Å². The van der Waals surface area contributed by atoms with Crippen LogP contribution in [0.2, 0.25) is 0 Å². The van der Waals surface area contributed by atoms with Crippen molar-refractivity contribution in [2.24, 2.45) is 42.3 Å². The van der Waals surface area contributed by atoms with E-state index in [0.717, 1.165) is 101 Å². The summed E-state index contributed by atoms with van der Waals surface area (Å²) in [6.45, 7) is 0. The number of nitrogens with zero attached hydrogens (tertiary/aromatic N) is 22. The Morgan fingerprint density at radius 2 is 0.615 bits per heavy atom. The Bertz CT molecular complexity index is 6790. The van der Waals surface area contributed by atoms with Crippen LogP contribution in [0.15, 0.2) is 155 Å². The van der Waals surface area contributed by atoms with Gasteiger partial charge in [0.25, 0.3) is 58.5 Å². The SMILES string of the molecule is Cn1c([N+](=O)[O-])cnc1C(=O)Nc1ccc2nc(NC(=O)c3ncc([N+](=O)[O-])n3C)sc2c1.Cn1cc([N+](=O)[O-])cc1C(=O)Nc1ccc2nc(NC(=O)c3cc([N+](=O)[O-])cn3C)sc2c1.Cn1nc([N+](=O)[O-])cc1C(=O)Nc1ccc2nc(NC(=O)c3cc([N+](=O)[O-])nn3C)sc2c1.O=C(Nc1ccc2nc(NC(=O)c3ccc([N+](=O)[O-])o3)sc2c1)c1ccc([N+](=O)[O-])o1. The first kappa shape index (κ1) is 89.1. The van der Waals surface area contributed by atoms with Gasteiger partial charge in [0.1, 0.15) is 33.6 Å². The number of nitro groups is 8. The number of imidazole rings is 2. The van der Waals surface area contributed by atoms with E-state index < -0.39 is 110 Å². The maximum Gasteiger partial charge on any atom is 0.433 e. The lowest BCUT2D eigenvalue weighted by molar-refractivity contribution is -0.402. The van der Waals surface area contributed by atoms with Crippen LogP contribution in [0.1, 0.15) is 84.3 Å². The van der Waals surface area contributed by atoms with Crippen molar-refractivity contribution in [1.29, 1.82) is 0 Å². The van der Waals surface area contributed by atoms with Crippen LogP contribution in [0.25, 0.3) is 40.9 Å². The molecule has 0 unspecified atom stereocenters. The van der Waals surface area contributed by atoms with Crippen molar-refractivity contribution in [3.63, 3.8) is 0 Å². The first-order valence-corrected chi connectivity index (χ1v) is 38.9. The molecule has 0 radical (unpaired) electrons. The first-order chi connectivity index (χ1) is 61.7. The van der Waals surface area contributed by atoms with Crippen LogP contribution in [-0.2, 0) is 42.3 Å². The molecule has 4 aromatic carbocycles. The number of amides is 8. The van der Waals surface area contributed by atoms with Crippen molar-refractivity contribution in [2.45, 2.75) is 0 Å². The molecule has 130 heavy (non-hydrogen) atoms. The molecule has 0 saturated heterocycles. The van der Waals surface area contributed by atoms with Crippen LogP contribution >= 0.6 is 45.3 Å². The summed E-state index contributed by atoms with van der Waals surface area (Å²) in [5, 5.41) is 116. The highest BCUT2D eigenvalue weighted by atomic mass is 32.1. The van der Waals surface area contributed by atoms with Crippen molar-refractivity contribution in [3.8, 4) is 0 Å². The Kier molecular flexibility index (Phi) is 25.2. The summed E-state index contributed by atoms with van der Waals surface area (Å²) in [6.07, 6.45) is 4.46. The molecule has 56 nitrogen and oxygen atoms in total. The third-order valence-electron chi connectivity index (χ3n) is 17.6. The molecule has 8 amide bonds. The second-order valence-electron chi connectivity index (χ2n) is 26.2. The Hall–Kier alpha value is -18.6. The molecule has 660 valence electrons. The second kappa shape index (κ2) is 36.8. The molecular weight excluding hydrogens is 1810 g/mol. The summed E-state index contributed by atoms with van der Waals surface area (Å²) in [5.41, 5.74) is 3.60. The van der Waals surface area contributed by atoms with Gasteiger partial charge in [-0.05, 0) is 105 Å². The van der Waals surface area contributed by atoms with E-state index in [2.05, 4.69) is 82.6 Å². The summed E-state index contributed by atoms with van der Waals surface area (Å²) in [4.78, 5) is 205. The summed E-state index contributed by atoms with van der Waals surface area (Å²) in [7, 11) is 8.59. The lowest BCUT2D eigenvalue weighted by Gasteiger charge is -2.05. The number of carbonyl (C=O) groups excluding carboxylic acids is 8. The number of benzene rings is 4. The molecule has 0 aliphatic carbocycles. The van der Waals surface area contributed by atoms with Crippen molar-refractivity contribution < 1.29 is 86.6 Å². The fourth-order valence-electron chi connectivity index (χ4n) is 11.5. The number of carbonyl (C=O) groups is 8. The standard InChI is InChI=1S/C19H15N7O6S.2C17H13N9O6S.C17H9N5O8S/c1-23-8-11(25(29)30)6-14(23)17(27)20-10-3-4-13-16(5-10)33-19(21-13)22-18(28)15-7-12(26(31)32)9-24(15)2;1-23-10(6-13(21-23)25(29)30)15(27)18-8-3-4-9-12(5-8)33-17(19-9)20-16(28)11-7-14(26(31)32)22-24(11)2;1-23-11(25(29)30)6-18-13(23)15(27)20-8-3-4-9-10(5-8)33-17(21-9)22-16(28)14-19-7-12(24(14)2)26(31)32;23-15(10-3-5-13(29-10)21(25)26)18-8-1-2-9-12(7-8)31-17(19-9)20-16(24)11-4-6-14(30-11)22(27)28/h3-9H,1-2H3,(H,20,27)(H,21,22,28);3-7H,1-2H3,(H,18,27)(H,19,20,28);3-7H,1-2H3,(H,20,27)(H,21,22,28);1-7H,(H,18,23)(H,19,20,24). The Morgan fingerprint density at radius 1 is 0.323 bits per heavy atom. The van der Waals surface area contributed by atoms with E-state index in [1.807, 2.05) is 0 Å². The molecule has 8 N–H and O–H groups in total. The van der Waals surface area contributed by atoms with E-state index in [4.69, 9.17) is 8.83 Å². The number of aromatic nitrogens is 14. The highest BCUT2D eigenvalue weighted by Gasteiger charge is 2.30. The van der Waals surface area contributed by atoms with Gasteiger partial charge in [0.05, 0.1) is 126 Å². The van der Waals surface area contributed by atoms with Gasteiger partial charge in [-0.25, -0.2) is 39.0 Å². The lowest BCUT2D eigenvalue weighted by Crippen LogP contribution is -2.17. The molecule has 12 aromatic heterocycles. The summed E-state index contributed by atoms with van der Waals surface area (Å²) in [6, 6.07) is 28.3. The van der Waals surface area contributed by atoms with Crippen LogP contribution in [0.3, 0.4) is 0 Å². The summed E-state index contributed by atoms with van der Waals surface area (Å²) in [5.74, 6) is -8.40. The first-order valence-electron chi connectivity index (χ1n) is 35.6. The number of furan rings is 2. The van der Waals surface area contributed by atoms with Crippen LogP contribution in [0, 0.1) is 80.9 Å². The van der Waals surface area contributed by atoms with E-state index >= 15 is 0 Å². The van der Waals surface area contributed by atoms with Crippen LogP contribution in [-0.4, -0.2) is 154 Å². The van der Waals surface area contributed by atoms with E-state index in [9.17, 15) is 119 Å². The number of hydrogen-bond donors (Lipinski definition) is 8. The number of aryl methyl sites for hydroxylation is 4. The number of hydrogen-bond acceptors (Lipinski definition) is 38. The summed E-state index contributed by atoms with van der Waals surface area (Å²) < 4.78 is 19.3. The van der Waals surface area contributed by atoms with Crippen molar-refractivity contribution in [2.75, 3.05) is 42.5 Å². The monoisotopic (exact) mass is 1850 g/mol. The minimum atomic E-state index is -0.759. The van der Waals surface area contributed by atoms with Gasteiger partial charge in [-0.3, -0.25) is 100 Å². The Balaban J connectivity index is 0.000000148. The molecule has 0 fully saturated rings. The number of thiazole rings is 4. The number of anilines is 8. The van der Waals surface area contributed by atoms with Gasteiger partial charge < -0.3 is 79.7 Å². The predicted octanol–water partition coefficient (Wildman–Crippen LogP) is 11.3. The summed E-state index contributed by atoms with van der Waals surface area (Å²) >= 11 is 4.49. The number of nitrogens with one attached hydrogen (secondary N) is 8. The topological polar surface area (TPSA) is 737 Å². The number of fused-ring (bicyclic) bond motifs is 4. The van der Waals surface area contributed by atoms with Gasteiger partial charge in [0.2, 0.25) is 0 Å². The third kappa shape index (κ3) is 20.0. The fourth-order valence-corrected chi connectivity index (χ4v) is 15.1. The molecule has 12 heterocycles. The minimum absolute atomic E-state index is 0.00400. The van der Waals surface area contributed by atoms with E-state index in [1.165, 1.54) is 88.1 Å². The zero-order valence-corrected chi connectivity index (χ0v) is 69.2. The highest BCUT2D eigenvalue weighted by Crippen LogP contribution is 2.35. The van der Waals surface area contributed by atoms with Crippen LogP contribution in [0.4, 0.5) is 89.7 Å². The van der Waals surface area contributed by atoms with Gasteiger partial charge in [0, 0.05) is 49.0 Å². The maximum atomic E-state index is 12.5. The van der Waals surface area contributed by atoms with Gasteiger partial charge in [-0.1, -0.05) is 45.3 Å². The fraction of sp³-hybridized carbons (Fsp3) is 0.0857. The lowest BCUT2D eigenvalue weighted by atomic mass is 10.3. The predicted molar refractivity (Wildman–Crippen MR) is 456 cm³/mol. The molecule has 0 saturated carbocycles. The maximum absolute atomic E-state index is 12.5. The van der Waals surface area contributed by atoms with Crippen LogP contribution in [0.5, 0.6) is 0 Å². The number of rotatable bonds is 24. The zero-order valence-electron chi connectivity index (χ0n) is 65.9. The normalized spacial score (nSPS) is 10.8. The molecule has 0 atom stereocenters. The smallest absolute Gasteiger partial charge is 0.395 e. The minimum Gasteiger partial charge on any atom is -0.395 e. The molecular formula is C70H50N30O26S4. The molecule has 60 heteroatoms. The molecule has 0 bridgehead atoms. The van der Waals surface area contributed by atoms with Gasteiger partial charge in [-0.2, -0.15) is 9.36 Å². The molecule has 0 spiro atoms. The van der Waals surface area contributed by atoms with E-state index in [0.29, 0.717) is 63.6 Å². The second-order valence-corrected chi connectivity index (χ2v) is 30.3. The largest absolute Gasteiger partial charge is 0.433 e. The molecule has 16 rings (SSSR count). The average molecular weight is 1860 g/mol. The quantitative estimate of drug-likeness (QED) is 0.0206. The zero-order chi connectivity index (χ0) is 93.7. The molecule has 0 aliphatic rings. The van der Waals surface area contributed by atoms with E-state index in [1.54, 1.807) is 72.8 Å². The van der Waals surface area contributed by atoms with Crippen molar-refractivity contribution in [1.82, 2.24) is 67.7 Å². The Labute approximate surface area is 731 Å². The van der Waals surface area contributed by atoms with Gasteiger partial charge in [0.15, 0.2) is 43.4 Å². The Morgan fingerprint density at radius 3 is 0.915 bits per heavy atom. The third-order valence-corrected chi connectivity index (χ3v) is 21.3. The average Bonchev–Trinajstić information content (AvgIpc) is 1.41. The van der Waals surface area contributed by atoms with Crippen LogP contribution < -0.4 is 42.5 Å².